The van der Waals surface area contributed by atoms with Crippen LogP contribution in [0.3, 0.4) is 0 Å². The molecule has 1 aliphatic carbocycles. The van der Waals surface area contributed by atoms with Gasteiger partial charge in [-0.05, 0) is 25.7 Å². The van der Waals surface area contributed by atoms with Gasteiger partial charge in [-0.3, -0.25) is 0 Å². The van der Waals surface area contributed by atoms with E-state index in [-0.39, 0.29) is 6.10 Å². The number of hydrogen-bond acceptors (Lipinski definition) is 3. The fourth-order valence-corrected chi connectivity index (χ4v) is 2.46. The van der Waals surface area contributed by atoms with Gasteiger partial charge in [-0.1, -0.05) is 26.2 Å². The fraction of sp³-hybridized carbons (Fsp3) is 1.00. The van der Waals surface area contributed by atoms with Gasteiger partial charge in [-0.25, -0.2) is 0 Å². The maximum atomic E-state index is 9.65. The van der Waals surface area contributed by atoms with E-state index < -0.39 is 0 Å². The van der Waals surface area contributed by atoms with E-state index in [1.54, 1.807) is 0 Å². The first kappa shape index (κ1) is 13.9. The number of aliphatic hydroxyl groups excluding tert-OH is 1. The Morgan fingerprint density at radius 3 is 2.88 bits per heavy atom. The molecule has 0 aliphatic heterocycles. The van der Waals surface area contributed by atoms with Gasteiger partial charge in [0.25, 0.3) is 0 Å². The van der Waals surface area contributed by atoms with E-state index in [4.69, 9.17) is 4.74 Å². The van der Waals surface area contributed by atoms with Crippen LogP contribution in [-0.4, -0.2) is 37.0 Å². The molecule has 1 rings (SSSR count). The Morgan fingerprint density at radius 2 is 2.19 bits per heavy atom. The summed E-state index contributed by atoms with van der Waals surface area (Å²) >= 11 is 0. The second-order valence-electron chi connectivity index (χ2n) is 4.86. The summed E-state index contributed by atoms with van der Waals surface area (Å²) in [6, 6.07) is 0.606. The summed E-state index contributed by atoms with van der Waals surface area (Å²) in [5.74, 6) is 0.885. The van der Waals surface area contributed by atoms with Crippen molar-refractivity contribution in [1.29, 1.82) is 0 Å². The maximum Gasteiger partial charge on any atom is 0.0897 e. The van der Waals surface area contributed by atoms with Crippen molar-refractivity contribution in [3.8, 4) is 0 Å². The van der Waals surface area contributed by atoms with Crippen LogP contribution in [0.1, 0.15) is 46.0 Å². The zero-order valence-corrected chi connectivity index (χ0v) is 10.7. The van der Waals surface area contributed by atoms with Crippen LogP contribution in [0.4, 0.5) is 0 Å². The highest BCUT2D eigenvalue weighted by atomic mass is 16.5. The predicted molar refractivity (Wildman–Crippen MR) is 66.5 cm³/mol. The molecule has 3 unspecified atom stereocenters. The Hall–Kier alpha value is -0.120. The van der Waals surface area contributed by atoms with Gasteiger partial charge >= 0.3 is 0 Å². The maximum absolute atomic E-state index is 9.65. The highest BCUT2D eigenvalue weighted by Gasteiger charge is 2.20. The topological polar surface area (TPSA) is 41.5 Å². The minimum Gasteiger partial charge on any atom is -0.389 e. The van der Waals surface area contributed by atoms with E-state index in [0.717, 1.165) is 5.92 Å². The van der Waals surface area contributed by atoms with Crippen molar-refractivity contribution in [3.05, 3.63) is 0 Å². The number of nitrogens with one attached hydrogen (secondary N) is 1. The average Bonchev–Trinajstić information content (AvgIpc) is 2.34. The second kappa shape index (κ2) is 8.04. The van der Waals surface area contributed by atoms with Crippen molar-refractivity contribution in [2.75, 3.05) is 19.8 Å². The number of rotatable bonds is 7. The molecule has 1 aliphatic rings. The number of hydrogen-bond donors (Lipinski definition) is 2. The molecule has 1 fully saturated rings. The second-order valence-corrected chi connectivity index (χ2v) is 4.86. The standard InChI is InChI=1S/C13H27NO2/c1-3-11-6-5-7-12(8-11)14-9-13(15)10-16-4-2/h11-15H,3-10H2,1-2H3. The first-order valence-corrected chi connectivity index (χ1v) is 6.75. The third-order valence-electron chi connectivity index (χ3n) is 3.52. The largest absolute Gasteiger partial charge is 0.389 e. The molecule has 0 heterocycles. The van der Waals surface area contributed by atoms with Gasteiger partial charge in [0.2, 0.25) is 0 Å². The lowest BCUT2D eigenvalue weighted by atomic mass is 9.84. The Morgan fingerprint density at radius 1 is 1.38 bits per heavy atom. The molecule has 2 N–H and O–H groups in total. The lowest BCUT2D eigenvalue weighted by Crippen LogP contribution is -2.40. The van der Waals surface area contributed by atoms with E-state index in [0.29, 0.717) is 25.8 Å². The number of aliphatic hydroxyl groups is 1. The molecule has 0 radical (unpaired) electrons. The summed E-state index contributed by atoms with van der Waals surface area (Å²) in [6.07, 6.45) is 6.19. The van der Waals surface area contributed by atoms with Crippen LogP contribution >= 0.6 is 0 Å². The lowest BCUT2D eigenvalue weighted by Gasteiger charge is -2.29. The molecule has 3 nitrogen and oxygen atoms in total. The van der Waals surface area contributed by atoms with Gasteiger partial charge in [-0.2, -0.15) is 0 Å². The zero-order chi connectivity index (χ0) is 11.8. The minimum atomic E-state index is -0.359. The molecule has 0 spiro atoms. The minimum absolute atomic E-state index is 0.359. The molecule has 0 amide bonds. The van der Waals surface area contributed by atoms with Crippen molar-refractivity contribution >= 4 is 0 Å². The average molecular weight is 229 g/mol. The smallest absolute Gasteiger partial charge is 0.0897 e. The summed E-state index contributed by atoms with van der Waals surface area (Å²) in [5.41, 5.74) is 0. The van der Waals surface area contributed by atoms with E-state index in [1.165, 1.54) is 32.1 Å². The third kappa shape index (κ3) is 5.28. The van der Waals surface area contributed by atoms with E-state index in [1.807, 2.05) is 6.92 Å². The van der Waals surface area contributed by atoms with E-state index >= 15 is 0 Å². The molecule has 0 saturated heterocycles. The quantitative estimate of drug-likeness (QED) is 0.701. The SMILES string of the molecule is CCOCC(O)CNC1CCCC(CC)C1. The normalized spacial score (nSPS) is 27.9. The van der Waals surface area contributed by atoms with Crippen LogP contribution in [-0.2, 0) is 4.74 Å². The predicted octanol–water partition coefficient (Wildman–Crippen LogP) is 1.94. The third-order valence-corrected chi connectivity index (χ3v) is 3.52. The van der Waals surface area contributed by atoms with Crippen molar-refractivity contribution in [2.24, 2.45) is 5.92 Å². The van der Waals surface area contributed by atoms with Crippen molar-refractivity contribution in [2.45, 2.75) is 58.1 Å². The van der Waals surface area contributed by atoms with E-state index in [2.05, 4.69) is 12.2 Å². The first-order chi connectivity index (χ1) is 7.76. The summed E-state index contributed by atoms with van der Waals surface area (Å²) in [4.78, 5) is 0. The van der Waals surface area contributed by atoms with Gasteiger partial charge in [0.1, 0.15) is 0 Å². The van der Waals surface area contributed by atoms with Crippen LogP contribution in [0, 0.1) is 5.92 Å². The molecule has 3 atom stereocenters. The molecule has 16 heavy (non-hydrogen) atoms. The van der Waals surface area contributed by atoms with Crippen LogP contribution in [0.5, 0.6) is 0 Å². The zero-order valence-electron chi connectivity index (χ0n) is 10.7. The number of ether oxygens (including phenoxy) is 1. The van der Waals surface area contributed by atoms with E-state index in [9.17, 15) is 5.11 Å². The summed E-state index contributed by atoms with van der Waals surface area (Å²) in [7, 11) is 0. The first-order valence-electron chi connectivity index (χ1n) is 6.75. The highest BCUT2D eigenvalue weighted by Crippen LogP contribution is 2.26. The Bertz CT molecular complexity index is 175. The van der Waals surface area contributed by atoms with Crippen molar-refractivity contribution in [1.82, 2.24) is 5.32 Å². The van der Waals surface area contributed by atoms with Gasteiger partial charge in [0, 0.05) is 19.2 Å². The van der Waals surface area contributed by atoms with Crippen molar-refractivity contribution < 1.29 is 9.84 Å². The molecule has 0 aromatic carbocycles. The Kier molecular flexibility index (Phi) is 7.01. The monoisotopic (exact) mass is 229 g/mol. The Balaban J connectivity index is 2.11. The fourth-order valence-electron chi connectivity index (χ4n) is 2.46. The summed E-state index contributed by atoms with van der Waals surface area (Å²) in [6.45, 7) is 6.02. The Labute approximate surface area is 99.6 Å². The molecule has 0 aromatic rings. The molecular weight excluding hydrogens is 202 g/mol. The van der Waals surface area contributed by atoms with Crippen LogP contribution in [0.15, 0.2) is 0 Å². The molecule has 3 heteroatoms. The van der Waals surface area contributed by atoms with Gasteiger partial charge in [-0.15, -0.1) is 0 Å². The highest BCUT2D eigenvalue weighted by molar-refractivity contribution is 4.78. The molecule has 96 valence electrons. The van der Waals surface area contributed by atoms with Gasteiger partial charge in [0.05, 0.1) is 12.7 Å². The molecule has 1 saturated carbocycles. The lowest BCUT2D eigenvalue weighted by molar-refractivity contribution is 0.0401. The van der Waals surface area contributed by atoms with Gasteiger partial charge < -0.3 is 15.2 Å². The van der Waals surface area contributed by atoms with Crippen LogP contribution in [0.2, 0.25) is 0 Å². The summed E-state index contributed by atoms with van der Waals surface area (Å²) in [5, 5.41) is 13.1. The van der Waals surface area contributed by atoms with Crippen LogP contribution in [0.25, 0.3) is 0 Å². The molecule has 0 aromatic heterocycles. The molecule has 0 bridgehead atoms. The van der Waals surface area contributed by atoms with Crippen molar-refractivity contribution in [3.63, 3.8) is 0 Å². The summed E-state index contributed by atoms with van der Waals surface area (Å²) < 4.78 is 5.19. The van der Waals surface area contributed by atoms with Crippen LogP contribution < -0.4 is 5.32 Å². The van der Waals surface area contributed by atoms with Gasteiger partial charge in [0.15, 0.2) is 0 Å². The molecular formula is C13H27NO2.